The summed E-state index contributed by atoms with van der Waals surface area (Å²) in [6.45, 7) is 4.93. The first-order valence-electron chi connectivity index (χ1n) is 5.99. The van der Waals surface area contributed by atoms with Gasteiger partial charge in [-0.2, -0.15) is 0 Å². The number of aromatic nitrogens is 3. The second kappa shape index (κ2) is 5.64. The van der Waals surface area contributed by atoms with Crippen molar-refractivity contribution < 1.29 is 9.84 Å². The van der Waals surface area contributed by atoms with E-state index in [2.05, 4.69) is 10.3 Å². The Labute approximate surface area is 106 Å². The first-order chi connectivity index (χ1) is 8.69. The van der Waals surface area contributed by atoms with Crippen LogP contribution < -0.4 is 4.74 Å². The number of nitrogens with zero attached hydrogens (tertiary/aromatic N) is 3. The third kappa shape index (κ3) is 3.07. The molecule has 0 aliphatic heterocycles. The monoisotopic (exact) mass is 247 g/mol. The summed E-state index contributed by atoms with van der Waals surface area (Å²) in [6, 6.07) is 7.86. The molecule has 0 saturated carbocycles. The molecular weight excluding hydrogens is 230 g/mol. The maximum absolute atomic E-state index is 9.37. The summed E-state index contributed by atoms with van der Waals surface area (Å²) in [7, 11) is 0. The Morgan fingerprint density at radius 1 is 1.33 bits per heavy atom. The number of hydrogen-bond acceptors (Lipinski definition) is 4. The van der Waals surface area contributed by atoms with Gasteiger partial charge in [0.05, 0.1) is 25.5 Å². The first-order valence-corrected chi connectivity index (χ1v) is 5.99. The second-order valence-corrected chi connectivity index (χ2v) is 4.09. The van der Waals surface area contributed by atoms with Crippen LogP contribution in [0.15, 0.2) is 30.5 Å². The zero-order valence-corrected chi connectivity index (χ0v) is 10.6. The van der Waals surface area contributed by atoms with Crippen LogP contribution in [0.1, 0.15) is 31.2 Å². The molecule has 0 aliphatic carbocycles. The fraction of sp³-hybridized carbons (Fsp3) is 0.385. The van der Waals surface area contributed by atoms with Gasteiger partial charge in [-0.25, -0.2) is 4.68 Å². The van der Waals surface area contributed by atoms with Gasteiger partial charge in [-0.15, -0.1) is 5.10 Å². The van der Waals surface area contributed by atoms with E-state index in [9.17, 15) is 5.11 Å². The molecule has 0 saturated heterocycles. The van der Waals surface area contributed by atoms with Crippen LogP contribution in [0.4, 0.5) is 0 Å². The van der Waals surface area contributed by atoms with Crippen LogP contribution in [-0.4, -0.2) is 26.7 Å². The lowest BCUT2D eigenvalue weighted by Gasteiger charge is -2.04. The van der Waals surface area contributed by atoms with Crippen molar-refractivity contribution in [3.8, 4) is 5.75 Å². The van der Waals surface area contributed by atoms with E-state index in [0.29, 0.717) is 18.8 Å². The van der Waals surface area contributed by atoms with E-state index in [-0.39, 0.29) is 0 Å². The van der Waals surface area contributed by atoms with E-state index in [4.69, 9.17) is 4.74 Å². The molecule has 18 heavy (non-hydrogen) atoms. The van der Waals surface area contributed by atoms with E-state index in [1.165, 1.54) is 0 Å². The van der Waals surface area contributed by atoms with Gasteiger partial charge in [0.15, 0.2) is 0 Å². The van der Waals surface area contributed by atoms with Gasteiger partial charge in [0, 0.05) is 0 Å². The Hall–Kier alpha value is -1.88. The van der Waals surface area contributed by atoms with Gasteiger partial charge in [0.25, 0.3) is 0 Å². The molecule has 0 bridgehead atoms. The molecule has 96 valence electrons. The van der Waals surface area contributed by atoms with Gasteiger partial charge in [-0.3, -0.25) is 0 Å². The fourth-order valence-electron chi connectivity index (χ4n) is 1.63. The Bertz CT molecular complexity index is 491. The molecule has 0 radical (unpaired) electrons. The van der Waals surface area contributed by atoms with Gasteiger partial charge in [0.1, 0.15) is 11.4 Å². The van der Waals surface area contributed by atoms with E-state index in [1.54, 1.807) is 17.8 Å². The minimum atomic E-state index is -0.584. The van der Waals surface area contributed by atoms with Crippen molar-refractivity contribution in [2.24, 2.45) is 0 Å². The SMILES string of the molecule is CCOc1ccc(Cn2cc(C(C)O)nn2)cc1. The predicted octanol–water partition coefficient (Wildman–Crippen LogP) is 1.78. The zero-order chi connectivity index (χ0) is 13.0. The van der Waals surface area contributed by atoms with Crippen LogP contribution in [0.3, 0.4) is 0 Å². The van der Waals surface area contributed by atoms with Crippen molar-refractivity contribution in [3.05, 3.63) is 41.7 Å². The van der Waals surface area contributed by atoms with Crippen molar-refractivity contribution in [3.63, 3.8) is 0 Å². The molecule has 1 atom stereocenters. The molecule has 5 nitrogen and oxygen atoms in total. The Kier molecular flexibility index (Phi) is 3.94. The third-order valence-corrected chi connectivity index (χ3v) is 2.56. The molecule has 2 aromatic rings. The number of hydrogen-bond donors (Lipinski definition) is 1. The molecule has 0 fully saturated rings. The van der Waals surface area contributed by atoms with Crippen molar-refractivity contribution in [1.82, 2.24) is 15.0 Å². The van der Waals surface area contributed by atoms with Gasteiger partial charge in [0.2, 0.25) is 0 Å². The van der Waals surface area contributed by atoms with Crippen LogP contribution >= 0.6 is 0 Å². The standard InChI is InChI=1S/C13H17N3O2/c1-3-18-12-6-4-11(5-7-12)8-16-9-13(10(2)17)14-15-16/h4-7,9-10,17H,3,8H2,1-2H3. The molecule has 2 rings (SSSR count). The Balaban J connectivity index is 2.03. The summed E-state index contributed by atoms with van der Waals surface area (Å²) in [4.78, 5) is 0. The Morgan fingerprint density at radius 2 is 2.06 bits per heavy atom. The highest BCUT2D eigenvalue weighted by Gasteiger charge is 2.06. The lowest BCUT2D eigenvalue weighted by atomic mass is 10.2. The van der Waals surface area contributed by atoms with Crippen LogP contribution in [0.5, 0.6) is 5.75 Å². The number of aliphatic hydroxyl groups is 1. The average Bonchev–Trinajstić information content (AvgIpc) is 2.81. The molecule has 0 amide bonds. The lowest BCUT2D eigenvalue weighted by molar-refractivity contribution is 0.194. The van der Waals surface area contributed by atoms with Gasteiger partial charge in [-0.1, -0.05) is 17.3 Å². The largest absolute Gasteiger partial charge is 0.494 e. The molecule has 1 N–H and O–H groups in total. The highest BCUT2D eigenvalue weighted by atomic mass is 16.5. The topological polar surface area (TPSA) is 60.2 Å². The van der Waals surface area contributed by atoms with E-state index in [0.717, 1.165) is 11.3 Å². The van der Waals surface area contributed by atoms with E-state index in [1.807, 2.05) is 31.2 Å². The zero-order valence-electron chi connectivity index (χ0n) is 10.6. The average molecular weight is 247 g/mol. The van der Waals surface area contributed by atoms with Crippen LogP contribution in [0.25, 0.3) is 0 Å². The van der Waals surface area contributed by atoms with E-state index < -0.39 is 6.10 Å². The van der Waals surface area contributed by atoms with Gasteiger partial charge < -0.3 is 9.84 Å². The maximum atomic E-state index is 9.37. The minimum absolute atomic E-state index is 0.584. The molecule has 1 aromatic carbocycles. The van der Waals surface area contributed by atoms with Gasteiger partial charge in [-0.05, 0) is 31.5 Å². The minimum Gasteiger partial charge on any atom is -0.494 e. The van der Waals surface area contributed by atoms with Gasteiger partial charge >= 0.3 is 0 Å². The third-order valence-electron chi connectivity index (χ3n) is 2.56. The van der Waals surface area contributed by atoms with Crippen molar-refractivity contribution >= 4 is 0 Å². The number of ether oxygens (including phenoxy) is 1. The van der Waals surface area contributed by atoms with Crippen molar-refractivity contribution in [2.45, 2.75) is 26.5 Å². The molecule has 5 heteroatoms. The van der Waals surface area contributed by atoms with Crippen LogP contribution in [0, 0.1) is 0 Å². The molecule has 1 unspecified atom stereocenters. The summed E-state index contributed by atoms with van der Waals surface area (Å²) in [5.41, 5.74) is 1.70. The summed E-state index contributed by atoms with van der Waals surface area (Å²) in [5, 5.41) is 17.2. The van der Waals surface area contributed by atoms with Crippen LogP contribution in [0.2, 0.25) is 0 Å². The molecule has 0 aliphatic rings. The molecular formula is C13H17N3O2. The fourth-order valence-corrected chi connectivity index (χ4v) is 1.63. The summed E-state index contributed by atoms with van der Waals surface area (Å²) in [5.74, 6) is 0.865. The number of benzene rings is 1. The highest BCUT2D eigenvalue weighted by molar-refractivity contribution is 5.27. The summed E-state index contributed by atoms with van der Waals surface area (Å²) in [6.07, 6.45) is 1.17. The highest BCUT2D eigenvalue weighted by Crippen LogP contribution is 2.13. The summed E-state index contributed by atoms with van der Waals surface area (Å²) >= 11 is 0. The van der Waals surface area contributed by atoms with Crippen molar-refractivity contribution in [1.29, 1.82) is 0 Å². The van der Waals surface area contributed by atoms with Crippen molar-refractivity contribution in [2.75, 3.05) is 6.61 Å². The Morgan fingerprint density at radius 3 is 2.61 bits per heavy atom. The molecule has 1 aromatic heterocycles. The quantitative estimate of drug-likeness (QED) is 0.875. The van der Waals surface area contributed by atoms with Crippen LogP contribution in [-0.2, 0) is 6.54 Å². The molecule has 1 heterocycles. The molecule has 0 spiro atoms. The van der Waals surface area contributed by atoms with E-state index >= 15 is 0 Å². The normalized spacial score (nSPS) is 12.4. The smallest absolute Gasteiger partial charge is 0.119 e. The summed E-state index contributed by atoms with van der Waals surface area (Å²) < 4.78 is 7.08. The number of rotatable bonds is 5. The lowest BCUT2D eigenvalue weighted by Crippen LogP contribution is -2.00. The second-order valence-electron chi connectivity index (χ2n) is 4.09. The predicted molar refractivity (Wildman–Crippen MR) is 67.4 cm³/mol. The first kappa shape index (κ1) is 12.6. The maximum Gasteiger partial charge on any atom is 0.119 e. The number of aliphatic hydroxyl groups excluding tert-OH is 1.